The molecule has 0 saturated heterocycles. The van der Waals surface area contributed by atoms with Gasteiger partial charge in [0.2, 0.25) is 0 Å². The molecule has 0 saturated carbocycles. The van der Waals surface area contributed by atoms with Crippen LogP contribution in [0.1, 0.15) is 15.2 Å². The Morgan fingerprint density at radius 1 is 0.909 bits per heavy atom. The molecule has 0 aliphatic rings. The predicted molar refractivity (Wildman–Crippen MR) is 152 cm³/mol. The fourth-order valence-corrected chi connectivity index (χ4v) is 6.06. The molecule has 0 bridgehead atoms. The topological polar surface area (TPSA) is 123 Å². The molecule has 0 atom stereocenters. The Bertz CT molecular complexity index is 2090. The van der Waals surface area contributed by atoms with Crippen LogP contribution in [-0.2, 0) is 19.6 Å². The van der Waals surface area contributed by atoms with Crippen LogP contribution in [0, 0.1) is 17.1 Å². The zero-order valence-corrected chi connectivity index (χ0v) is 23.5. The second-order valence-electron chi connectivity index (χ2n) is 9.05. The van der Waals surface area contributed by atoms with Gasteiger partial charge in [0.05, 0.1) is 11.6 Å². The van der Waals surface area contributed by atoms with Gasteiger partial charge < -0.3 is 9.47 Å². The van der Waals surface area contributed by atoms with Gasteiger partial charge in [0.1, 0.15) is 21.3 Å². The first-order chi connectivity index (χ1) is 20.8. The summed E-state index contributed by atoms with van der Waals surface area (Å²) in [6, 6.07) is 21.6. The third-order valence-corrected chi connectivity index (χ3v) is 8.37. The van der Waals surface area contributed by atoms with E-state index < -0.39 is 38.9 Å². The molecule has 1 N–H and O–H groups in total. The molecular weight excluding hydrogens is 624 g/mol. The second-order valence-corrected chi connectivity index (χ2v) is 11.6. The van der Waals surface area contributed by atoms with Crippen LogP contribution in [0.4, 0.5) is 23.2 Å². The number of alkyl halides is 3. The summed E-state index contributed by atoms with van der Waals surface area (Å²) in [6.07, 6.45) is -5.37. The SMILES string of the molecule is N#Cc1ccc2cc(Oc3cc(F)ccc3S(=O)(=O)Nc3cccc(-c4ccsc4C(=O)OC(=O)C(F)(F)F)c3)ccc2c1. The number of sulfonamides is 1. The maximum atomic E-state index is 14.2. The van der Waals surface area contributed by atoms with Crippen molar-refractivity contribution in [3.05, 3.63) is 107 Å². The fourth-order valence-electron chi connectivity index (χ4n) is 4.11. The Balaban J connectivity index is 1.41. The summed E-state index contributed by atoms with van der Waals surface area (Å²) in [5.74, 6) is -5.07. The largest absolute Gasteiger partial charge is 0.491 e. The molecule has 8 nitrogen and oxygen atoms in total. The summed E-state index contributed by atoms with van der Waals surface area (Å²) < 4.78 is 90.8. The van der Waals surface area contributed by atoms with Gasteiger partial charge in [0.15, 0.2) is 5.75 Å². The maximum absolute atomic E-state index is 14.2. The number of rotatable bonds is 7. The molecule has 0 spiro atoms. The first-order valence-corrected chi connectivity index (χ1v) is 14.7. The van der Waals surface area contributed by atoms with Gasteiger partial charge in [-0.2, -0.15) is 18.4 Å². The predicted octanol–water partition coefficient (Wildman–Crippen LogP) is 7.42. The molecular formula is C30H16F4N2O6S2. The monoisotopic (exact) mass is 640 g/mol. The van der Waals surface area contributed by atoms with Gasteiger partial charge >= 0.3 is 18.1 Å². The number of benzene rings is 4. The fraction of sp³-hybridized carbons (Fsp3) is 0.0333. The first-order valence-electron chi connectivity index (χ1n) is 12.3. The molecule has 5 aromatic rings. The van der Waals surface area contributed by atoms with E-state index in [0.717, 1.165) is 34.9 Å². The van der Waals surface area contributed by atoms with Gasteiger partial charge in [-0.25, -0.2) is 22.4 Å². The smallest absolute Gasteiger partial charge is 0.456 e. The average molecular weight is 641 g/mol. The zero-order valence-electron chi connectivity index (χ0n) is 21.9. The summed E-state index contributed by atoms with van der Waals surface area (Å²) >= 11 is 0.728. The highest BCUT2D eigenvalue weighted by Crippen LogP contribution is 2.35. The van der Waals surface area contributed by atoms with Crippen molar-refractivity contribution in [1.29, 1.82) is 5.26 Å². The van der Waals surface area contributed by atoms with Gasteiger partial charge in [-0.05, 0) is 76.3 Å². The molecule has 1 heterocycles. The van der Waals surface area contributed by atoms with Crippen molar-refractivity contribution in [3.63, 3.8) is 0 Å². The third kappa shape index (κ3) is 6.54. The summed E-state index contributed by atoms with van der Waals surface area (Å²) in [5.41, 5.74) is 0.768. The lowest BCUT2D eigenvalue weighted by molar-refractivity contribution is -0.193. The van der Waals surface area contributed by atoms with Gasteiger partial charge in [0, 0.05) is 17.3 Å². The lowest BCUT2D eigenvalue weighted by Gasteiger charge is -2.14. The molecule has 0 aliphatic carbocycles. The van der Waals surface area contributed by atoms with Crippen LogP contribution in [0.5, 0.6) is 11.5 Å². The van der Waals surface area contributed by atoms with Crippen LogP contribution in [0.3, 0.4) is 0 Å². The van der Waals surface area contributed by atoms with Crippen LogP contribution in [0.15, 0.2) is 95.2 Å². The number of halogens is 4. The minimum absolute atomic E-state index is 0.00587. The summed E-state index contributed by atoms with van der Waals surface area (Å²) in [7, 11) is -4.41. The molecule has 14 heteroatoms. The van der Waals surface area contributed by atoms with Crippen LogP contribution in [-0.4, -0.2) is 26.5 Å². The number of nitrogens with one attached hydrogen (secondary N) is 1. The van der Waals surface area contributed by atoms with Crippen molar-refractivity contribution in [2.75, 3.05) is 4.72 Å². The van der Waals surface area contributed by atoms with E-state index in [1.807, 2.05) is 6.07 Å². The van der Waals surface area contributed by atoms with Crippen molar-refractivity contribution < 1.29 is 45.0 Å². The van der Waals surface area contributed by atoms with Crippen LogP contribution >= 0.6 is 11.3 Å². The van der Waals surface area contributed by atoms with Crippen LogP contribution < -0.4 is 9.46 Å². The van der Waals surface area contributed by atoms with E-state index in [2.05, 4.69) is 9.46 Å². The number of thiophene rings is 1. The molecule has 0 fully saturated rings. The van der Waals surface area contributed by atoms with Crippen LogP contribution in [0.25, 0.3) is 21.9 Å². The van der Waals surface area contributed by atoms with Gasteiger partial charge in [0.25, 0.3) is 10.0 Å². The lowest BCUT2D eigenvalue weighted by Crippen LogP contribution is -2.27. The standard InChI is InChI=1S/C30H16F4N2O6S2/c31-21-7-9-26(25(15-21)41-23-8-6-18-12-17(16-35)4-5-19(18)14-23)44(39,40)36-22-3-1-2-20(13-22)24-10-11-43-27(24)28(37)42-29(38)30(32,33)34/h1-15,36H. The average Bonchev–Trinajstić information content (AvgIpc) is 3.47. The number of esters is 2. The third-order valence-electron chi connectivity index (χ3n) is 6.06. The van der Waals surface area contributed by atoms with E-state index in [0.29, 0.717) is 10.9 Å². The molecule has 5 rings (SSSR count). The van der Waals surface area contributed by atoms with E-state index >= 15 is 0 Å². The van der Waals surface area contributed by atoms with Gasteiger partial charge in [-0.3, -0.25) is 4.72 Å². The molecule has 222 valence electrons. The highest BCUT2D eigenvalue weighted by molar-refractivity contribution is 7.92. The Morgan fingerprint density at radius 2 is 1.66 bits per heavy atom. The van der Waals surface area contributed by atoms with Crippen LogP contribution in [0.2, 0.25) is 0 Å². The lowest BCUT2D eigenvalue weighted by atomic mass is 10.1. The van der Waals surface area contributed by atoms with Crippen molar-refractivity contribution >= 4 is 49.8 Å². The molecule has 1 aromatic heterocycles. The zero-order chi connectivity index (χ0) is 31.6. The maximum Gasteiger partial charge on any atom is 0.491 e. The minimum atomic E-state index is -5.37. The number of anilines is 1. The van der Waals surface area contributed by atoms with E-state index in [-0.39, 0.29) is 33.2 Å². The number of nitriles is 1. The second kappa shape index (κ2) is 11.8. The Morgan fingerprint density at radius 3 is 2.41 bits per heavy atom. The highest BCUT2D eigenvalue weighted by atomic mass is 32.2. The molecule has 44 heavy (non-hydrogen) atoms. The number of carbonyl (C=O) groups is 2. The summed E-state index contributed by atoms with van der Waals surface area (Å²) in [4.78, 5) is 22.7. The minimum Gasteiger partial charge on any atom is -0.456 e. The summed E-state index contributed by atoms with van der Waals surface area (Å²) in [5, 5.41) is 11.9. The Kier molecular flexibility index (Phi) is 8.09. The number of fused-ring (bicyclic) bond motifs is 1. The number of hydrogen-bond donors (Lipinski definition) is 1. The van der Waals surface area contributed by atoms with E-state index in [1.165, 1.54) is 41.8 Å². The molecule has 0 amide bonds. The molecule has 4 aromatic carbocycles. The van der Waals surface area contributed by atoms with Crippen molar-refractivity contribution in [2.45, 2.75) is 11.1 Å². The molecule has 0 unspecified atom stereocenters. The van der Waals surface area contributed by atoms with Gasteiger partial charge in [-0.15, -0.1) is 11.3 Å². The molecule has 0 radical (unpaired) electrons. The summed E-state index contributed by atoms with van der Waals surface area (Å²) in [6.45, 7) is 0. The van der Waals surface area contributed by atoms with E-state index in [9.17, 15) is 35.6 Å². The van der Waals surface area contributed by atoms with E-state index in [4.69, 9.17) is 10.00 Å². The first kappa shape index (κ1) is 30.2. The normalized spacial score (nSPS) is 11.5. The number of nitrogens with zero attached hydrogens (tertiary/aromatic N) is 1. The quantitative estimate of drug-likeness (QED) is 0.112. The number of carbonyl (C=O) groups excluding carboxylic acids is 2. The number of hydrogen-bond acceptors (Lipinski definition) is 8. The van der Waals surface area contributed by atoms with Crippen molar-refractivity contribution in [3.8, 4) is 28.7 Å². The Labute approximate surface area is 250 Å². The van der Waals surface area contributed by atoms with E-state index in [1.54, 1.807) is 30.3 Å². The highest BCUT2D eigenvalue weighted by Gasteiger charge is 2.43. The van der Waals surface area contributed by atoms with Crippen molar-refractivity contribution in [2.24, 2.45) is 0 Å². The Hall–Kier alpha value is -5.26. The van der Waals surface area contributed by atoms with Gasteiger partial charge in [-0.1, -0.05) is 24.3 Å². The van der Waals surface area contributed by atoms with Crippen molar-refractivity contribution in [1.82, 2.24) is 0 Å². The number of ether oxygens (including phenoxy) is 2. The molecule has 0 aliphatic heterocycles.